The zero-order chi connectivity index (χ0) is 28.4. The van der Waals surface area contributed by atoms with E-state index >= 15 is 0 Å². The first-order valence-electron chi connectivity index (χ1n) is 13.2. The molecule has 3 atom stereocenters. The summed E-state index contributed by atoms with van der Waals surface area (Å²) >= 11 is 0. The van der Waals surface area contributed by atoms with E-state index in [2.05, 4.69) is 11.9 Å². The van der Waals surface area contributed by atoms with Crippen molar-refractivity contribution in [3.05, 3.63) is 52.5 Å². The fourth-order valence-electron chi connectivity index (χ4n) is 4.69. The number of amides is 1. The molecule has 3 rings (SSSR count). The summed E-state index contributed by atoms with van der Waals surface area (Å²) in [4.78, 5) is 54.0. The second-order valence-electron chi connectivity index (χ2n) is 9.43. The number of likely N-dealkylation sites (tertiary alicyclic amines) is 1. The van der Waals surface area contributed by atoms with Gasteiger partial charge in [0.05, 0.1) is 26.7 Å². The normalized spacial score (nSPS) is 17.5. The van der Waals surface area contributed by atoms with Crippen molar-refractivity contribution in [1.82, 2.24) is 14.5 Å². The Bertz CT molecular complexity index is 1130. The van der Waals surface area contributed by atoms with E-state index in [1.807, 2.05) is 0 Å². The fourth-order valence-corrected chi connectivity index (χ4v) is 4.69. The molecule has 2 heterocycles. The zero-order valence-corrected chi connectivity index (χ0v) is 22.6. The molecule has 0 radical (unpaired) electrons. The predicted octanol–water partition coefficient (Wildman–Crippen LogP) is 3.63. The third kappa shape index (κ3) is 8.01. The van der Waals surface area contributed by atoms with Gasteiger partial charge in [0, 0.05) is 6.42 Å². The average molecular weight is 545 g/mol. The molecule has 0 spiro atoms. The lowest BCUT2D eigenvalue weighted by molar-refractivity contribution is -0.389. The molecule has 39 heavy (non-hydrogen) atoms. The number of carbonyl (C=O) groups excluding carboxylic acids is 3. The Hall–Kier alpha value is -3.96. The first-order chi connectivity index (χ1) is 18.8. The van der Waals surface area contributed by atoms with E-state index in [0.29, 0.717) is 18.8 Å². The van der Waals surface area contributed by atoms with Gasteiger partial charge in [-0.05, 0) is 40.9 Å². The third-order valence-corrected chi connectivity index (χ3v) is 6.65. The lowest BCUT2D eigenvalue weighted by Crippen LogP contribution is -2.44. The maximum Gasteiger partial charge on any atom is 0.381 e. The molecule has 1 aliphatic heterocycles. The van der Waals surface area contributed by atoms with Crippen LogP contribution in [0.2, 0.25) is 0 Å². The summed E-state index contributed by atoms with van der Waals surface area (Å²) in [5.74, 6) is -1.03. The molecule has 0 N–H and O–H groups in total. The Morgan fingerprint density at radius 1 is 1.15 bits per heavy atom. The lowest BCUT2D eigenvalue weighted by Gasteiger charge is -2.27. The maximum absolute atomic E-state index is 13.8. The molecule has 12 heteroatoms. The molecule has 1 aromatic heterocycles. The molecular weight excluding hydrogens is 508 g/mol. The molecule has 1 amide bonds. The number of aromatic nitrogens is 2. The number of nitro groups is 1. The number of methoxy groups -OCH3 is 1. The Morgan fingerprint density at radius 2 is 1.90 bits per heavy atom. The monoisotopic (exact) mass is 544 g/mol. The number of hydrogen-bond acceptors (Lipinski definition) is 9. The summed E-state index contributed by atoms with van der Waals surface area (Å²) in [5.41, 5.74) is 0.775. The van der Waals surface area contributed by atoms with Crippen LogP contribution in [0.15, 0.2) is 36.8 Å². The van der Waals surface area contributed by atoms with E-state index < -0.39 is 29.1 Å². The van der Waals surface area contributed by atoms with Crippen LogP contribution in [0.4, 0.5) is 5.82 Å². The van der Waals surface area contributed by atoms with Crippen molar-refractivity contribution in [2.24, 2.45) is 0 Å². The first kappa shape index (κ1) is 29.6. The van der Waals surface area contributed by atoms with Gasteiger partial charge >= 0.3 is 17.8 Å². The average Bonchev–Trinajstić information content (AvgIpc) is 3.57. The van der Waals surface area contributed by atoms with Gasteiger partial charge < -0.3 is 29.2 Å². The Balaban J connectivity index is 1.76. The second kappa shape index (κ2) is 14.3. The van der Waals surface area contributed by atoms with Gasteiger partial charge in [-0.2, -0.15) is 0 Å². The van der Waals surface area contributed by atoms with Gasteiger partial charge in [0.2, 0.25) is 12.2 Å². The highest BCUT2D eigenvalue weighted by Gasteiger charge is 2.44. The van der Waals surface area contributed by atoms with E-state index in [0.717, 1.165) is 31.2 Å². The molecule has 1 fully saturated rings. The van der Waals surface area contributed by atoms with Crippen molar-refractivity contribution in [2.45, 2.75) is 77.0 Å². The minimum absolute atomic E-state index is 0.144. The largest absolute Gasteiger partial charge is 0.488 e. The lowest BCUT2D eigenvalue weighted by atomic mass is 10.1. The number of imidazole rings is 1. The van der Waals surface area contributed by atoms with Crippen molar-refractivity contribution in [2.75, 3.05) is 20.3 Å². The van der Waals surface area contributed by atoms with Crippen molar-refractivity contribution < 1.29 is 33.5 Å². The third-order valence-electron chi connectivity index (χ3n) is 6.65. The van der Waals surface area contributed by atoms with E-state index in [9.17, 15) is 24.5 Å². The quantitative estimate of drug-likeness (QED) is 0.151. The van der Waals surface area contributed by atoms with E-state index in [-0.39, 0.29) is 37.1 Å². The summed E-state index contributed by atoms with van der Waals surface area (Å²) < 4.78 is 17.5. The topological polar surface area (TPSA) is 143 Å². The molecule has 0 bridgehead atoms. The maximum atomic E-state index is 13.8. The van der Waals surface area contributed by atoms with Gasteiger partial charge in [0.1, 0.15) is 30.1 Å². The standard InChI is InChI=1S/C27H36N4O8/c1-4-6-7-8-9-22(29-17-24(28-18-29)31(35)36)26(33)30-16-21(15-23(30)27(34)37-3)39-20-12-10-19(11-13-20)14-25(32)38-5-2/h10-13,17-18,21-23H,4-9,14-16H2,1-3H3/t21-,22+,23-/m0/s1. The number of hydrogen-bond donors (Lipinski definition) is 0. The van der Waals surface area contributed by atoms with Gasteiger partial charge in [-0.1, -0.05) is 44.7 Å². The molecule has 1 saturated heterocycles. The van der Waals surface area contributed by atoms with E-state index in [4.69, 9.17) is 14.2 Å². The number of ether oxygens (including phenoxy) is 3. The Kier molecular flexibility index (Phi) is 10.8. The molecule has 1 aromatic carbocycles. The number of carbonyl (C=O) groups is 3. The van der Waals surface area contributed by atoms with Crippen molar-refractivity contribution in [3.63, 3.8) is 0 Å². The molecule has 0 saturated carbocycles. The van der Waals surface area contributed by atoms with Gasteiger partial charge in [0.25, 0.3) is 0 Å². The summed E-state index contributed by atoms with van der Waals surface area (Å²) in [7, 11) is 1.27. The smallest absolute Gasteiger partial charge is 0.381 e. The van der Waals surface area contributed by atoms with E-state index in [1.54, 1.807) is 31.2 Å². The zero-order valence-electron chi connectivity index (χ0n) is 22.6. The number of unbranched alkanes of at least 4 members (excludes halogenated alkanes) is 3. The van der Waals surface area contributed by atoms with Crippen LogP contribution in [-0.4, -0.2) is 69.6 Å². The van der Waals surface area contributed by atoms with Gasteiger partial charge in [0.15, 0.2) is 0 Å². The summed E-state index contributed by atoms with van der Waals surface area (Å²) in [6, 6.07) is 5.38. The first-order valence-corrected chi connectivity index (χ1v) is 13.2. The minimum Gasteiger partial charge on any atom is -0.488 e. The number of esters is 2. The summed E-state index contributed by atoms with van der Waals surface area (Å²) in [6.07, 6.45) is 6.57. The van der Waals surface area contributed by atoms with Crippen LogP contribution in [0, 0.1) is 10.1 Å². The molecular formula is C27H36N4O8. The minimum atomic E-state index is -0.854. The van der Waals surface area contributed by atoms with Crippen LogP contribution in [0.3, 0.4) is 0 Å². The van der Waals surface area contributed by atoms with Crippen LogP contribution >= 0.6 is 0 Å². The molecule has 1 aliphatic rings. The summed E-state index contributed by atoms with van der Waals surface area (Å²) in [5, 5.41) is 11.2. The van der Waals surface area contributed by atoms with Crippen LogP contribution in [0.25, 0.3) is 0 Å². The van der Waals surface area contributed by atoms with Crippen LogP contribution in [0.5, 0.6) is 5.75 Å². The second-order valence-corrected chi connectivity index (χ2v) is 9.43. The van der Waals surface area contributed by atoms with Crippen LogP contribution in [0.1, 0.15) is 64.0 Å². The highest BCUT2D eigenvalue weighted by molar-refractivity contribution is 5.87. The molecule has 12 nitrogen and oxygen atoms in total. The molecule has 212 valence electrons. The van der Waals surface area contributed by atoms with E-state index in [1.165, 1.54) is 29.1 Å². The number of benzene rings is 1. The molecule has 0 aliphatic carbocycles. The van der Waals surface area contributed by atoms with Crippen molar-refractivity contribution in [3.8, 4) is 5.75 Å². The van der Waals surface area contributed by atoms with Crippen LogP contribution in [-0.2, 0) is 30.3 Å². The fraction of sp³-hybridized carbons (Fsp3) is 0.556. The van der Waals surface area contributed by atoms with Gasteiger partial charge in [-0.15, -0.1) is 0 Å². The molecule has 0 unspecified atom stereocenters. The number of rotatable bonds is 14. The molecule has 2 aromatic rings. The van der Waals surface area contributed by atoms with Crippen molar-refractivity contribution in [1.29, 1.82) is 0 Å². The highest BCUT2D eigenvalue weighted by atomic mass is 16.6. The Labute approximate surface area is 227 Å². The number of nitrogens with zero attached hydrogens (tertiary/aromatic N) is 4. The summed E-state index contributed by atoms with van der Waals surface area (Å²) in [6.45, 7) is 4.29. The van der Waals surface area contributed by atoms with Crippen LogP contribution < -0.4 is 4.74 Å². The van der Waals surface area contributed by atoms with Crippen molar-refractivity contribution >= 4 is 23.7 Å². The SMILES string of the molecule is CCCCCC[C@H](C(=O)N1C[C@@H](Oc2ccc(CC(=O)OCC)cc2)C[C@H]1C(=O)OC)n1cnc([N+](=O)[O-])c1. The van der Waals surface area contributed by atoms with Gasteiger partial charge in [-0.3, -0.25) is 14.2 Å². The predicted molar refractivity (Wildman–Crippen MR) is 140 cm³/mol. The highest BCUT2D eigenvalue weighted by Crippen LogP contribution is 2.29. The van der Waals surface area contributed by atoms with Gasteiger partial charge in [-0.25, -0.2) is 4.79 Å². The Morgan fingerprint density at radius 3 is 2.51 bits per heavy atom.